The Hall–Kier alpha value is -2.00. The number of nitrogen functional groups attached to an aromatic ring is 1. The maximum Gasteiger partial charge on any atom is 0.166 e. The second-order valence-corrected chi connectivity index (χ2v) is 6.45. The van der Waals surface area contributed by atoms with E-state index >= 15 is 0 Å². The maximum atomic E-state index is 13.7. The lowest BCUT2D eigenvalue weighted by Gasteiger charge is -2.18. The third kappa shape index (κ3) is 4.99. The van der Waals surface area contributed by atoms with Crippen molar-refractivity contribution in [1.82, 2.24) is 9.88 Å². The van der Waals surface area contributed by atoms with Crippen LogP contribution in [-0.4, -0.2) is 30.5 Å². The topological polar surface area (TPSA) is 51.4 Å². The molecule has 0 radical (unpaired) electrons. The summed E-state index contributed by atoms with van der Waals surface area (Å²) in [5.74, 6) is 5.97. The van der Waals surface area contributed by atoms with Gasteiger partial charge in [0.05, 0.1) is 11.6 Å². The molecule has 1 aromatic carbocycles. The molecule has 1 aromatic heterocycles. The number of nitrogens with zero attached hydrogens (tertiary/aromatic N) is 2. The molecule has 0 saturated carbocycles. The van der Waals surface area contributed by atoms with Crippen molar-refractivity contribution in [2.24, 2.45) is 0 Å². The van der Waals surface area contributed by atoms with E-state index < -0.39 is 11.9 Å². The van der Waals surface area contributed by atoms with Crippen molar-refractivity contribution in [3.8, 4) is 17.6 Å². The van der Waals surface area contributed by atoms with Crippen LogP contribution in [0, 0.1) is 17.7 Å². The predicted molar refractivity (Wildman–Crippen MR) is 99.5 cm³/mol. The highest BCUT2D eigenvalue weighted by atomic mass is 35.5. The van der Waals surface area contributed by atoms with Crippen molar-refractivity contribution in [2.75, 3.05) is 26.4 Å². The molecule has 1 atom stereocenters. The van der Waals surface area contributed by atoms with Crippen molar-refractivity contribution >= 4 is 29.0 Å². The monoisotopic (exact) mass is 381 g/mol. The Morgan fingerprint density at radius 3 is 2.76 bits per heavy atom. The average Bonchev–Trinajstić information content (AvgIpc) is 2.54. The minimum absolute atomic E-state index is 0.0755. The summed E-state index contributed by atoms with van der Waals surface area (Å²) >= 11 is 12.1. The lowest BCUT2D eigenvalue weighted by atomic mass is 10.1. The molecule has 2 N–H and O–H groups in total. The second-order valence-electron chi connectivity index (χ2n) is 5.66. The number of aromatic nitrogens is 1. The van der Waals surface area contributed by atoms with E-state index in [9.17, 15) is 4.39 Å². The minimum atomic E-state index is -0.621. The molecular weight excluding hydrogens is 364 g/mol. The molecule has 7 heteroatoms. The largest absolute Gasteiger partial charge is 0.482 e. The van der Waals surface area contributed by atoms with Crippen LogP contribution < -0.4 is 10.5 Å². The van der Waals surface area contributed by atoms with Gasteiger partial charge in [-0.2, -0.15) is 0 Å². The highest BCUT2D eigenvalue weighted by Gasteiger charge is 2.19. The van der Waals surface area contributed by atoms with Crippen LogP contribution in [0.25, 0.3) is 0 Å². The van der Waals surface area contributed by atoms with Gasteiger partial charge in [0.1, 0.15) is 11.9 Å². The molecular formula is C18H18Cl2FN3O. The molecule has 0 amide bonds. The van der Waals surface area contributed by atoms with Gasteiger partial charge in [-0.15, -0.1) is 0 Å². The molecule has 1 heterocycles. The van der Waals surface area contributed by atoms with Gasteiger partial charge in [-0.1, -0.05) is 35.0 Å². The molecule has 132 valence electrons. The number of halogens is 3. The molecule has 0 saturated heterocycles. The standard InChI is InChI=1S/C18H18Cl2FN3O/c1-11(16-13(19)6-7-14(21)17(16)20)25-15-9-12(10-23-18(15)22)5-4-8-24(2)3/h6-7,9-11H,8H2,1-3H3,(H2,22,23). The van der Waals surface area contributed by atoms with Gasteiger partial charge in [0.2, 0.25) is 0 Å². The Bertz CT molecular complexity index is 831. The van der Waals surface area contributed by atoms with Gasteiger partial charge >= 0.3 is 0 Å². The number of hydrogen-bond donors (Lipinski definition) is 1. The fourth-order valence-corrected chi connectivity index (χ4v) is 2.76. The SMILES string of the molecule is CC(Oc1cc(C#CCN(C)C)cnc1N)c1c(Cl)ccc(F)c1Cl. The molecule has 0 aliphatic carbocycles. The van der Waals surface area contributed by atoms with Crippen molar-refractivity contribution in [3.63, 3.8) is 0 Å². The average molecular weight is 382 g/mol. The van der Waals surface area contributed by atoms with Crippen LogP contribution in [0.2, 0.25) is 10.0 Å². The lowest BCUT2D eigenvalue weighted by molar-refractivity contribution is 0.227. The first-order chi connectivity index (χ1) is 11.8. The Morgan fingerprint density at radius 1 is 1.36 bits per heavy atom. The van der Waals surface area contributed by atoms with Crippen LogP contribution in [0.5, 0.6) is 5.75 Å². The smallest absolute Gasteiger partial charge is 0.166 e. The molecule has 1 unspecified atom stereocenters. The van der Waals surface area contributed by atoms with E-state index in [0.29, 0.717) is 28.4 Å². The summed E-state index contributed by atoms with van der Waals surface area (Å²) in [5.41, 5.74) is 6.88. The molecule has 0 bridgehead atoms. The van der Waals surface area contributed by atoms with Crippen molar-refractivity contribution < 1.29 is 9.13 Å². The summed E-state index contributed by atoms with van der Waals surface area (Å²) in [5, 5.41) is 0.237. The fraction of sp³-hybridized carbons (Fsp3) is 0.278. The van der Waals surface area contributed by atoms with Gasteiger partial charge in [-0.25, -0.2) is 9.37 Å². The van der Waals surface area contributed by atoms with Gasteiger partial charge < -0.3 is 10.5 Å². The van der Waals surface area contributed by atoms with Crippen LogP contribution in [0.15, 0.2) is 24.4 Å². The number of rotatable bonds is 4. The highest BCUT2D eigenvalue weighted by molar-refractivity contribution is 6.36. The first kappa shape index (κ1) is 19.3. The number of pyridine rings is 1. The second kappa shape index (κ2) is 8.39. The van der Waals surface area contributed by atoms with E-state index in [1.165, 1.54) is 12.1 Å². The number of benzene rings is 1. The number of hydrogen-bond acceptors (Lipinski definition) is 4. The van der Waals surface area contributed by atoms with Crippen molar-refractivity contribution in [1.29, 1.82) is 0 Å². The van der Waals surface area contributed by atoms with E-state index in [0.717, 1.165) is 0 Å². The Labute approximate surface area is 156 Å². The van der Waals surface area contributed by atoms with Crippen LogP contribution in [0.3, 0.4) is 0 Å². The molecule has 0 fully saturated rings. The summed E-state index contributed by atoms with van der Waals surface area (Å²) < 4.78 is 19.5. The van der Waals surface area contributed by atoms with Crippen LogP contribution >= 0.6 is 23.2 Å². The Balaban J connectivity index is 2.27. The van der Waals surface area contributed by atoms with Gasteiger partial charge in [-0.05, 0) is 33.2 Å². The molecule has 0 spiro atoms. The minimum Gasteiger partial charge on any atom is -0.482 e. The van der Waals surface area contributed by atoms with Gasteiger partial charge in [0.25, 0.3) is 0 Å². The Morgan fingerprint density at radius 2 is 2.08 bits per heavy atom. The summed E-state index contributed by atoms with van der Waals surface area (Å²) in [6.45, 7) is 2.32. The highest BCUT2D eigenvalue weighted by Crippen LogP contribution is 2.35. The summed E-state index contributed by atoms with van der Waals surface area (Å²) in [4.78, 5) is 6.03. The molecule has 2 rings (SSSR count). The van der Waals surface area contributed by atoms with Gasteiger partial charge in [-0.3, -0.25) is 4.90 Å². The van der Waals surface area contributed by atoms with E-state index in [1.807, 2.05) is 19.0 Å². The van der Waals surface area contributed by atoms with Crippen molar-refractivity contribution in [2.45, 2.75) is 13.0 Å². The van der Waals surface area contributed by atoms with Crippen LogP contribution in [0.4, 0.5) is 10.2 Å². The molecule has 2 aromatic rings. The molecule has 0 aliphatic heterocycles. The summed E-state index contributed by atoms with van der Waals surface area (Å²) in [7, 11) is 3.86. The molecule has 25 heavy (non-hydrogen) atoms. The van der Waals surface area contributed by atoms with Crippen molar-refractivity contribution in [3.05, 3.63) is 51.4 Å². The van der Waals surface area contributed by atoms with Crippen LogP contribution in [0.1, 0.15) is 24.2 Å². The number of nitrogens with two attached hydrogens (primary N) is 1. The molecule has 4 nitrogen and oxygen atoms in total. The maximum absolute atomic E-state index is 13.7. The lowest BCUT2D eigenvalue weighted by Crippen LogP contribution is -2.10. The number of ether oxygens (including phenoxy) is 1. The zero-order chi connectivity index (χ0) is 18.6. The summed E-state index contributed by atoms with van der Waals surface area (Å²) in [6, 6.07) is 4.32. The molecule has 0 aliphatic rings. The fourth-order valence-electron chi connectivity index (χ4n) is 2.08. The third-order valence-electron chi connectivity index (χ3n) is 3.30. The van der Waals surface area contributed by atoms with Gasteiger partial charge in [0.15, 0.2) is 11.6 Å². The van der Waals surface area contributed by atoms with E-state index in [-0.39, 0.29) is 10.8 Å². The predicted octanol–water partition coefficient (Wildman–Crippen LogP) is 4.16. The van der Waals surface area contributed by atoms with E-state index in [4.69, 9.17) is 33.7 Å². The first-order valence-electron chi connectivity index (χ1n) is 7.48. The van der Waals surface area contributed by atoms with Gasteiger partial charge in [0, 0.05) is 28.4 Å². The normalized spacial score (nSPS) is 11.8. The zero-order valence-electron chi connectivity index (χ0n) is 14.1. The third-order valence-corrected chi connectivity index (χ3v) is 4.01. The van der Waals surface area contributed by atoms with E-state index in [2.05, 4.69) is 16.8 Å². The van der Waals surface area contributed by atoms with Crippen LogP contribution in [-0.2, 0) is 0 Å². The number of anilines is 1. The first-order valence-corrected chi connectivity index (χ1v) is 8.24. The zero-order valence-corrected chi connectivity index (χ0v) is 15.6. The van der Waals surface area contributed by atoms with E-state index in [1.54, 1.807) is 19.2 Å². The Kier molecular flexibility index (Phi) is 6.49. The summed E-state index contributed by atoms with van der Waals surface area (Å²) in [6.07, 6.45) is 0.947. The quantitative estimate of drug-likeness (QED) is 0.637.